The molecule has 6 N–H and O–H groups in total. The lowest BCUT2D eigenvalue weighted by Gasteiger charge is -2.20. The normalized spacial score (nSPS) is 30.5. The molecule has 25 heavy (non-hydrogen) atoms. The summed E-state index contributed by atoms with van der Waals surface area (Å²) in [5.74, 6) is -0.473. The summed E-state index contributed by atoms with van der Waals surface area (Å²) in [6, 6.07) is 0.0543. The molecule has 2 aromatic heterocycles. The number of nitrogens with zero attached hydrogens (tertiary/aromatic N) is 4. The highest BCUT2D eigenvalue weighted by molar-refractivity contribution is 5.82. The van der Waals surface area contributed by atoms with Crippen molar-refractivity contribution in [1.82, 2.24) is 24.8 Å². The first-order chi connectivity index (χ1) is 12.0. The van der Waals surface area contributed by atoms with Gasteiger partial charge in [0.2, 0.25) is 0 Å². The number of rotatable bonds is 4. The largest absolute Gasteiger partial charge is 0.387 e. The van der Waals surface area contributed by atoms with E-state index < -0.39 is 36.6 Å². The van der Waals surface area contributed by atoms with E-state index in [1.807, 2.05) is 0 Å². The topological polar surface area (TPSA) is 169 Å². The molecule has 11 nitrogen and oxygen atoms in total. The summed E-state index contributed by atoms with van der Waals surface area (Å²) >= 11 is 0. The van der Waals surface area contributed by atoms with Crippen LogP contribution in [-0.2, 0) is 9.53 Å². The summed E-state index contributed by atoms with van der Waals surface area (Å²) in [7, 11) is 0. The number of nitrogens with two attached hydrogens (primary N) is 1. The van der Waals surface area contributed by atoms with Crippen LogP contribution in [0.2, 0.25) is 0 Å². The highest BCUT2D eigenvalue weighted by Crippen LogP contribution is 2.33. The number of fused-ring (bicyclic) bond motifs is 1. The fourth-order valence-electron chi connectivity index (χ4n) is 2.90. The number of aliphatic hydroxyl groups excluding tert-OH is 3. The van der Waals surface area contributed by atoms with Gasteiger partial charge in [-0.2, -0.15) is 0 Å². The maximum absolute atomic E-state index is 12.0. The molecule has 2 aromatic rings. The summed E-state index contributed by atoms with van der Waals surface area (Å²) in [6.45, 7) is 0. The Balaban J connectivity index is 1.58. The zero-order valence-electron chi connectivity index (χ0n) is 13.1. The number of amides is 1. The minimum atomic E-state index is -1.61. The number of nitrogen functional groups attached to an aromatic ring is 1. The van der Waals surface area contributed by atoms with E-state index >= 15 is 0 Å². The number of carbonyl (C=O) groups excluding carboxylic acids is 1. The first-order valence-corrected chi connectivity index (χ1v) is 7.90. The van der Waals surface area contributed by atoms with Crippen molar-refractivity contribution in [2.75, 3.05) is 5.73 Å². The predicted molar refractivity (Wildman–Crippen MR) is 82.8 cm³/mol. The van der Waals surface area contributed by atoms with Crippen LogP contribution in [0.4, 0.5) is 5.82 Å². The Morgan fingerprint density at radius 2 is 2.08 bits per heavy atom. The molecule has 0 radical (unpaired) electrons. The molecule has 1 aliphatic heterocycles. The van der Waals surface area contributed by atoms with Crippen LogP contribution in [0.5, 0.6) is 0 Å². The number of aromatic nitrogens is 4. The van der Waals surface area contributed by atoms with Gasteiger partial charge in [-0.25, -0.2) is 15.0 Å². The molecule has 2 aliphatic rings. The van der Waals surface area contributed by atoms with Crippen molar-refractivity contribution in [3.63, 3.8) is 0 Å². The fraction of sp³-hybridized carbons (Fsp3) is 0.571. The SMILES string of the molecule is Nc1ncnc2c1ncn2[C@@H]1O[C@H](C(O)C(=O)NC2CC2)C(O)C1O. The van der Waals surface area contributed by atoms with E-state index in [4.69, 9.17) is 10.5 Å². The van der Waals surface area contributed by atoms with E-state index in [1.54, 1.807) is 0 Å². The quantitative estimate of drug-likeness (QED) is 0.406. The van der Waals surface area contributed by atoms with Gasteiger partial charge in [-0.1, -0.05) is 0 Å². The van der Waals surface area contributed by atoms with Gasteiger partial charge in [0, 0.05) is 6.04 Å². The number of carbonyl (C=O) groups is 1. The van der Waals surface area contributed by atoms with E-state index in [0.29, 0.717) is 11.2 Å². The van der Waals surface area contributed by atoms with Gasteiger partial charge in [0.1, 0.15) is 30.2 Å². The van der Waals surface area contributed by atoms with Crippen molar-refractivity contribution in [2.45, 2.75) is 49.5 Å². The Kier molecular flexibility index (Phi) is 3.80. The summed E-state index contributed by atoms with van der Waals surface area (Å²) in [5.41, 5.74) is 6.35. The predicted octanol–water partition coefficient (Wildman–Crippen LogP) is -2.33. The van der Waals surface area contributed by atoms with Crippen molar-refractivity contribution < 1.29 is 24.9 Å². The van der Waals surface area contributed by atoms with Gasteiger partial charge < -0.3 is 31.1 Å². The number of hydrogen-bond acceptors (Lipinski definition) is 9. The Morgan fingerprint density at radius 3 is 2.80 bits per heavy atom. The van der Waals surface area contributed by atoms with Crippen LogP contribution in [-0.4, -0.2) is 71.2 Å². The number of aliphatic hydroxyl groups is 3. The van der Waals surface area contributed by atoms with Crippen LogP contribution in [0.3, 0.4) is 0 Å². The zero-order chi connectivity index (χ0) is 17.7. The van der Waals surface area contributed by atoms with E-state index in [9.17, 15) is 20.1 Å². The molecule has 3 heterocycles. The molecule has 2 fully saturated rings. The van der Waals surface area contributed by atoms with Crippen LogP contribution in [0.1, 0.15) is 19.1 Å². The van der Waals surface area contributed by atoms with Gasteiger partial charge in [-0.3, -0.25) is 9.36 Å². The van der Waals surface area contributed by atoms with Crippen LogP contribution in [0.25, 0.3) is 11.2 Å². The van der Waals surface area contributed by atoms with Gasteiger partial charge in [-0.05, 0) is 12.8 Å². The van der Waals surface area contributed by atoms with Crippen molar-refractivity contribution in [3.05, 3.63) is 12.7 Å². The lowest BCUT2D eigenvalue weighted by Crippen LogP contribution is -2.48. The van der Waals surface area contributed by atoms with Gasteiger partial charge >= 0.3 is 0 Å². The molecule has 5 atom stereocenters. The van der Waals surface area contributed by atoms with Crippen LogP contribution >= 0.6 is 0 Å². The maximum atomic E-state index is 12.0. The van der Waals surface area contributed by atoms with E-state index in [2.05, 4.69) is 20.3 Å². The molecule has 0 aromatic carbocycles. The van der Waals surface area contributed by atoms with Crippen LogP contribution < -0.4 is 11.1 Å². The highest BCUT2D eigenvalue weighted by Gasteiger charge is 2.49. The number of nitrogens with one attached hydrogen (secondary N) is 1. The number of ether oxygens (including phenoxy) is 1. The molecule has 1 saturated heterocycles. The van der Waals surface area contributed by atoms with Crippen molar-refractivity contribution in [3.8, 4) is 0 Å². The fourth-order valence-corrected chi connectivity index (χ4v) is 2.90. The lowest BCUT2D eigenvalue weighted by molar-refractivity contribution is -0.143. The zero-order valence-corrected chi connectivity index (χ0v) is 13.1. The van der Waals surface area contributed by atoms with Gasteiger partial charge in [-0.15, -0.1) is 0 Å². The second-order valence-electron chi connectivity index (χ2n) is 6.28. The third kappa shape index (κ3) is 2.70. The number of anilines is 1. The molecular weight excluding hydrogens is 332 g/mol. The van der Waals surface area contributed by atoms with Crippen LogP contribution in [0, 0.1) is 0 Å². The summed E-state index contributed by atoms with van der Waals surface area (Å²) in [6.07, 6.45) is -2.51. The van der Waals surface area contributed by atoms with E-state index in [-0.39, 0.29) is 11.9 Å². The summed E-state index contributed by atoms with van der Waals surface area (Å²) in [4.78, 5) is 23.9. The molecule has 4 rings (SSSR count). The average molecular weight is 350 g/mol. The Morgan fingerprint density at radius 1 is 1.32 bits per heavy atom. The molecule has 0 spiro atoms. The third-order valence-corrected chi connectivity index (χ3v) is 4.44. The minimum absolute atomic E-state index is 0.0543. The van der Waals surface area contributed by atoms with E-state index in [0.717, 1.165) is 12.8 Å². The standard InChI is InChI=1S/C14H18N6O5/c15-11-6-12(17-3-16-11)20(4-18-6)14-8(22)7(21)10(25-14)9(23)13(24)19-5-1-2-5/h3-5,7-10,14,21-23H,1-2H2,(H,19,24)(H2,15,16,17)/t7?,8?,9?,10-,14+/m0/s1. The highest BCUT2D eigenvalue weighted by atomic mass is 16.6. The average Bonchev–Trinajstić information content (AvgIpc) is 3.22. The molecule has 3 unspecified atom stereocenters. The summed E-state index contributed by atoms with van der Waals surface area (Å²) in [5, 5.41) is 33.3. The first-order valence-electron chi connectivity index (χ1n) is 7.90. The van der Waals surface area contributed by atoms with Crippen molar-refractivity contribution in [1.29, 1.82) is 0 Å². The molecule has 1 aliphatic carbocycles. The van der Waals surface area contributed by atoms with E-state index in [1.165, 1.54) is 17.2 Å². The van der Waals surface area contributed by atoms with Crippen LogP contribution in [0.15, 0.2) is 12.7 Å². The van der Waals surface area contributed by atoms with Gasteiger partial charge in [0.25, 0.3) is 5.91 Å². The Labute approximate surface area is 141 Å². The molecule has 1 saturated carbocycles. The Hall–Kier alpha value is -2.34. The molecule has 1 amide bonds. The first kappa shape index (κ1) is 16.1. The third-order valence-electron chi connectivity index (χ3n) is 4.44. The summed E-state index contributed by atoms with van der Waals surface area (Å²) < 4.78 is 6.96. The second-order valence-corrected chi connectivity index (χ2v) is 6.28. The van der Waals surface area contributed by atoms with Crippen molar-refractivity contribution in [2.24, 2.45) is 0 Å². The second kappa shape index (κ2) is 5.88. The monoisotopic (exact) mass is 350 g/mol. The number of imidazole rings is 1. The smallest absolute Gasteiger partial charge is 0.251 e. The van der Waals surface area contributed by atoms with Gasteiger partial charge in [0.05, 0.1) is 6.33 Å². The maximum Gasteiger partial charge on any atom is 0.251 e. The van der Waals surface area contributed by atoms with Gasteiger partial charge in [0.15, 0.2) is 23.8 Å². The molecule has 0 bridgehead atoms. The Bertz CT molecular complexity index is 808. The van der Waals surface area contributed by atoms with Crippen molar-refractivity contribution >= 4 is 22.9 Å². The minimum Gasteiger partial charge on any atom is -0.387 e. The molecular formula is C14H18N6O5. The molecule has 11 heteroatoms. The molecule has 134 valence electrons. The number of hydrogen-bond donors (Lipinski definition) is 5. The lowest BCUT2D eigenvalue weighted by atomic mass is 10.0.